The molecule has 0 unspecified atom stereocenters. The summed E-state index contributed by atoms with van der Waals surface area (Å²) in [4.78, 5) is 19.4. The van der Waals surface area contributed by atoms with Crippen LogP contribution in [0.25, 0.3) is 56.4 Å². The molecule has 3 heterocycles. The van der Waals surface area contributed by atoms with Crippen molar-refractivity contribution in [1.29, 1.82) is 0 Å². The first-order chi connectivity index (χ1) is 16.6. The fraction of sp³-hybridized carbons (Fsp3) is 0.0417. The number of fused-ring (bicyclic) bond motifs is 2. The SMILES string of the molecule is COc1oc2ccc(-c3noc(-c4ccc([N+](=O)[O-])cc4)n3)cc2c1-c1nc2ccccc2o1. The molecule has 0 radical (unpaired) electrons. The second kappa shape index (κ2) is 7.55. The maximum atomic E-state index is 10.9. The number of rotatable bonds is 5. The van der Waals surface area contributed by atoms with Crippen LogP contribution >= 0.6 is 0 Å². The Kier molecular flexibility index (Phi) is 4.37. The van der Waals surface area contributed by atoms with Gasteiger partial charge in [-0.05, 0) is 42.5 Å². The van der Waals surface area contributed by atoms with Crippen LogP contribution in [-0.4, -0.2) is 27.2 Å². The van der Waals surface area contributed by atoms with Crippen molar-refractivity contribution >= 4 is 27.8 Å². The summed E-state index contributed by atoms with van der Waals surface area (Å²) in [6.07, 6.45) is 0. The van der Waals surface area contributed by atoms with Crippen molar-refractivity contribution in [2.24, 2.45) is 0 Å². The van der Waals surface area contributed by atoms with Crippen molar-refractivity contribution in [2.75, 3.05) is 7.11 Å². The van der Waals surface area contributed by atoms with E-state index in [0.29, 0.717) is 45.0 Å². The van der Waals surface area contributed by atoms with Gasteiger partial charge in [-0.1, -0.05) is 17.3 Å². The third kappa shape index (κ3) is 3.16. The molecule has 0 saturated carbocycles. The van der Waals surface area contributed by atoms with E-state index in [0.717, 1.165) is 5.52 Å². The monoisotopic (exact) mass is 454 g/mol. The molecule has 0 amide bonds. The molecule has 34 heavy (non-hydrogen) atoms. The fourth-order valence-electron chi connectivity index (χ4n) is 3.72. The van der Waals surface area contributed by atoms with Crippen LogP contribution in [0.4, 0.5) is 5.69 Å². The number of para-hydroxylation sites is 2. The van der Waals surface area contributed by atoms with Crippen LogP contribution in [0.1, 0.15) is 0 Å². The number of nitro benzene ring substituents is 1. The van der Waals surface area contributed by atoms with Crippen LogP contribution in [0.2, 0.25) is 0 Å². The van der Waals surface area contributed by atoms with Gasteiger partial charge in [0.1, 0.15) is 16.7 Å². The van der Waals surface area contributed by atoms with E-state index in [1.54, 1.807) is 24.3 Å². The van der Waals surface area contributed by atoms with E-state index in [-0.39, 0.29) is 17.5 Å². The van der Waals surface area contributed by atoms with Crippen LogP contribution in [0.5, 0.6) is 5.95 Å². The number of benzene rings is 3. The zero-order valence-corrected chi connectivity index (χ0v) is 17.6. The van der Waals surface area contributed by atoms with E-state index >= 15 is 0 Å². The topological polar surface area (TPSA) is 130 Å². The number of hydrogen-bond acceptors (Lipinski definition) is 9. The van der Waals surface area contributed by atoms with E-state index < -0.39 is 4.92 Å². The van der Waals surface area contributed by atoms with Crippen molar-refractivity contribution in [2.45, 2.75) is 0 Å². The van der Waals surface area contributed by atoms with Crippen molar-refractivity contribution in [3.05, 3.63) is 76.8 Å². The molecule has 0 aliphatic carbocycles. The molecule has 6 aromatic rings. The Hall–Kier alpha value is -4.99. The average molecular weight is 454 g/mol. The molecular formula is C24H14N4O6. The Morgan fingerprint density at radius 3 is 2.44 bits per heavy atom. The highest BCUT2D eigenvalue weighted by Crippen LogP contribution is 2.42. The third-order valence-corrected chi connectivity index (χ3v) is 5.36. The predicted octanol–water partition coefficient (Wildman–Crippen LogP) is 5.87. The van der Waals surface area contributed by atoms with Gasteiger partial charge in [0.2, 0.25) is 11.7 Å². The van der Waals surface area contributed by atoms with Crippen LogP contribution < -0.4 is 4.74 Å². The fourth-order valence-corrected chi connectivity index (χ4v) is 3.72. The molecule has 0 atom stereocenters. The third-order valence-electron chi connectivity index (χ3n) is 5.36. The van der Waals surface area contributed by atoms with Crippen molar-refractivity contribution in [1.82, 2.24) is 15.1 Å². The summed E-state index contributed by atoms with van der Waals surface area (Å²) >= 11 is 0. The highest BCUT2D eigenvalue weighted by Gasteiger charge is 2.23. The summed E-state index contributed by atoms with van der Waals surface area (Å²) in [7, 11) is 1.51. The molecule has 0 spiro atoms. The number of hydrogen-bond donors (Lipinski definition) is 0. The summed E-state index contributed by atoms with van der Waals surface area (Å²) < 4.78 is 22.6. The van der Waals surface area contributed by atoms with Crippen molar-refractivity contribution in [3.63, 3.8) is 0 Å². The predicted molar refractivity (Wildman–Crippen MR) is 121 cm³/mol. The molecule has 0 aliphatic heterocycles. The van der Waals surface area contributed by atoms with Gasteiger partial charge in [-0.3, -0.25) is 10.1 Å². The number of oxazole rings is 1. The molecule has 0 bridgehead atoms. The number of furan rings is 1. The summed E-state index contributed by atoms with van der Waals surface area (Å²) in [6.45, 7) is 0. The lowest BCUT2D eigenvalue weighted by atomic mass is 10.1. The second-order valence-electron chi connectivity index (χ2n) is 7.39. The molecule has 10 nitrogen and oxygen atoms in total. The lowest BCUT2D eigenvalue weighted by molar-refractivity contribution is -0.384. The van der Waals surface area contributed by atoms with Gasteiger partial charge in [0, 0.05) is 28.6 Å². The zero-order valence-electron chi connectivity index (χ0n) is 17.6. The Labute approximate surface area is 190 Å². The first kappa shape index (κ1) is 19.7. The minimum Gasteiger partial charge on any atom is -0.468 e. The molecule has 0 fully saturated rings. The summed E-state index contributed by atoms with van der Waals surface area (Å²) in [6, 6.07) is 18.8. The van der Waals surface area contributed by atoms with E-state index in [4.69, 9.17) is 18.1 Å². The maximum Gasteiger partial charge on any atom is 0.298 e. The van der Waals surface area contributed by atoms with Gasteiger partial charge in [-0.15, -0.1) is 0 Å². The summed E-state index contributed by atoms with van der Waals surface area (Å²) in [5.41, 5.74) is 3.75. The van der Waals surface area contributed by atoms with Gasteiger partial charge in [0.25, 0.3) is 17.5 Å². The first-order valence-electron chi connectivity index (χ1n) is 10.2. The zero-order chi connectivity index (χ0) is 23.2. The van der Waals surface area contributed by atoms with E-state index in [9.17, 15) is 10.1 Å². The van der Waals surface area contributed by atoms with E-state index in [1.807, 2.05) is 30.3 Å². The molecule has 3 aromatic carbocycles. The van der Waals surface area contributed by atoms with Gasteiger partial charge in [-0.25, -0.2) is 4.98 Å². The number of non-ortho nitro benzene ring substituents is 1. The molecular weight excluding hydrogens is 440 g/mol. The Bertz CT molecular complexity index is 1650. The minimum atomic E-state index is -0.466. The number of nitro groups is 1. The molecule has 166 valence electrons. The molecule has 0 saturated heterocycles. The summed E-state index contributed by atoms with van der Waals surface area (Å²) in [5.74, 6) is 1.24. The largest absolute Gasteiger partial charge is 0.468 e. The van der Waals surface area contributed by atoms with Gasteiger partial charge in [0.15, 0.2) is 5.58 Å². The van der Waals surface area contributed by atoms with Gasteiger partial charge in [0.05, 0.1) is 12.0 Å². The lowest BCUT2D eigenvalue weighted by Gasteiger charge is -1.97. The molecule has 6 rings (SSSR count). The quantitative estimate of drug-likeness (QED) is 0.232. The second-order valence-corrected chi connectivity index (χ2v) is 7.39. The van der Waals surface area contributed by atoms with Crippen LogP contribution in [0.3, 0.4) is 0 Å². The molecule has 0 aliphatic rings. The highest BCUT2D eigenvalue weighted by atomic mass is 16.6. The first-order valence-corrected chi connectivity index (χ1v) is 10.2. The normalized spacial score (nSPS) is 11.3. The summed E-state index contributed by atoms with van der Waals surface area (Å²) in [5, 5.41) is 15.7. The Morgan fingerprint density at radius 1 is 0.882 bits per heavy atom. The van der Waals surface area contributed by atoms with Crippen LogP contribution in [0, 0.1) is 10.1 Å². The number of aromatic nitrogens is 3. The number of nitrogens with zero attached hydrogens (tertiary/aromatic N) is 4. The smallest absolute Gasteiger partial charge is 0.298 e. The van der Waals surface area contributed by atoms with E-state index in [2.05, 4.69) is 15.1 Å². The van der Waals surface area contributed by atoms with Crippen molar-refractivity contribution in [3.8, 4) is 40.2 Å². The maximum absolute atomic E-state index is 10.9. The van der Waals surface area contributed by atoms with Crippen molar-refractivity contribution < 1.29 is 23.0 Å². The van der Waals surface area contributed by atoms with Gasteiger partial charge in [-0.2, -0.15) is 4.98 Å². The number of ether oxygens (including phenoxy) is 1. The Balaban J connectivity index is 1.43. The average Bonchev–Trinajstić information content (AvgIpc) is 3.59. The van der Waals surface area contributed by atoms with Crippen LogP contribution in [-0.2, 0) is 0 Å². The highest BCUT2D eigenvalue weighted by molar-refractivity contribution is 5.98. The lowest BCUT2D eigenvalue weighted by Crippen LogP contribution is -1.87. The molecule has 10 heteroatoms. The standard InChI is InChI=1S/C24H14N4O6/c1-31-24-20(23-25-17-4-2-3-5-19(17)32-23)16-12-14(8-11-18(16)33-24)21-26-22(34-27-21)13-6-9-15(10-7-13)28(29)30/h2-12H,1H3. The molecule has 3 aromatic heterocycles. The van der Waals surface area contributed by atoms with Crippen LogP contribution in [0.15, 0.2) is 80.1 Å². The Morgan fingerprint density at radius 2 is 1.68 bits per heavy atom. The van der Waals surface area contributed by atoms with Gasteiger partial charge >= 0.3 is 0 Å². The molecule has 0 N–H and O–H groups in total. The van der Waals surface area contributed by atoms with Gasteiger partial charge < -0.3 is 18.1 Å². The van der Waals surface area contributed by atoms with E-state index in [1.165, 1.54) is 19.2 Å². The number of methoxy groups -OCH3 is 1. The minimum absolute atomic E-state index is 0.0189.